The highest BCUT2D eigenvalue weighted by atomic mass is 32.1. The molecule has 2 heterocycles. The first kappa shape index (κ1) is 11.9. The molecule has 1 aliphatic heterocycles. The van der Waals surface area contributed by atoms with Crippen molar-refractivity contribution in [1.82, 2.24) is 10.3 Å². The molecule has 0 radical (unpaired) electrons. The molecule has 1 aliphatic carbocycles. The van der Waals surface area contributed by atoms with Crippen LogP contribution in [-0.2, 0) is 6.42 Å². The van der Waals surface area contributed by atoms with Crippen LogP contribution in [0.15, 0.2) is 18.2 Å². The minimum absolute atomic E-state index is 0.781. The van der Waals surface area contributed by atoms with Gasteiger partial charge in [-0.15, -0.1) is 11.3 Å². The molecule has 0 spiro atoms. The number of hydrogen-bond donors (Lipinski definition) is 1. The van der Waals surface area contributed by atoms with Crippen LogP contribution >= 0.6 is 11.3 Å². The second kappa shape index (κ2) is 4.88. The monoisotopic (exact) mass is 272 g/mol. The zero-order valence-corrected chi connectivity index (χ0v) is 12.0. The molecule has 0 bridgehead atoms. The van der Waals surface area contributed by atoms with Gasteiger partial charge in [0.1, 0.15) is 0 Å². The van der Waals surface area contributed by atoms with E-state index < -0.39 is 0 Å². The first-order valence-electron chi connectivity index (χ1n) is 7.48. The predicted molar refractivity (Wildman–Crippen MR) is 80.9 cm³/mol. The second-order valence-corrected chi connectivity index (χ2v) is 7.11. The summed E-state index contributed by atoms with van der Waals surface area (Å²) in [6.45, 7) is 2.39. The molecule has 2 fully saturated rings. The summed E-state index contributed by atoms with van der Waals surface area (Å²) in [5, 5.41) is 4.88. The minimum atomic E-state index is 0.781. The van der Waals surface area contributed by atoms with Crippen LogP contribution in [0, 0.1) is 5.92 Å². The average molecular weight is 272 g/mol. The van der Waals surface area contributed by atoms with Gasteiger partial charge in [-0.1, -0.05) is 6.07 Å². The molecule has 1 unspecified atom stereocenters. The number of nitrogens with zero attached hydrogens (tertiary/aromatic N) is 1. The molecule has 4 rings (SSSR count). The van der Waals surface area contributed by atoms with Gasteiger partial charge in [-0.3, -0.25) is 0 Å². The summed E-state index contributed by atoms with van der Waals surface area (Å²) in [6, 6.07) is 6.89. The van der Waals surface area contributed by atoms with Gasteiger partial charge in [-0.05, 0) is 68.8 Å². The number of fused-ring (bicyclic) bond motifs is 1. The third-order valence-electron chi connectivity index (χ3n) is 4.32. The summed E-state index contributed by atoms with van der Waals surface area (Å²) in [7, 11) is 0. The van der Waals surface area contributed by atoms with Gasteiger partial charge in [-0.2, -0.15) is 0 Å². The molecule has 2 nitrogen and oxygen atoms in total. The average Bonchev–Trinajstić information content (AvgIpc) is 3.20. The van der Waals surface area contributed by atoms with E-state index in [0.717, 1.165) is 11.8 Å². The van der Waals surface area contributed by atoms with Crippen LogP contribution in [0.4, 0.5) is 0 Å². The topological polar surface area (TPSA) is 24.9 Å². The molecule has 1 saturated carbocycles. The first-order chi connectivity index (χ1) is 9.38. The van der Waals surface area contributed by atoms with Gasteiger partial charge in [0.2, 0.25) is 0 Å². The van der Waals surface area contributed by atoms with Crippen molar-refractivity contribution in [2.75, 3.05) is 13.1 Å². The third-order valence-corrected chi connectivity index (χ3v) is 5.50. The van der Waals surface area contributed by atoms with E-state index in [1.807, 2.05) is 11.3 Å². The molecule has 1 N–H and O–H groups in total. The summed E-state index contributed by atoms with van der Waals surface area (Å²) in [4.78, 5) is 4.77. The van der Waals surface area contributed by atoms with Gasteiger partial charge in [0.15, 0.2) is 0 Å². The smallest absolute Gasteiger partial charge is 0.0969 e. The Morgan fingerprint density at radius 2 is 2.21 bits per heavy atom. The molecule has 1 aromatic carbocycles. The lowest BCUT2D eigenvalue weighted by Crippen LogP contribution is -2.30. The highest BCUT2D eigenvalue weighted by molar-refractivity contribution is 7.18. The van der Waals surface area contributed by atoms with Crippen LogP contribution in [0.3, 0.4) is 0 Å². The standard InChI is InChI=1S/C16H20N2S/c1-2-12(10-17-7-1)8-11-3-6-14-15(9-11)19-16(18-14)13-4-5-13/h3,6,9,12-13,17H,1-2,4-5,7-8,10H2. The summed E-state index contributed by atoms with van der Waals surface area (Å²) < 4.78 is 1.39. The molecule has 19 heavy (non-hydrogen) atoms. The van der Waals surface area contributed by atoms with E-state index in [-0.39, 0.29) is 0 Å². The van der Waals surface area contributed by atoms with Crippen LogP contribution in [0.1, 0.15) is 42.2 Å². The molecular weight excluding hydrogens is 252 g/mol. The Bertz CT molecular complexity index is 579. The number of rotatable bonds is 3. The normalized spacial score (nSPS) is 23.9. The molecule has 1 saturated heterocycles. The van der Waals surface area contributed by atoms with Crippen molar-refractivity contribution in [2.24, 2.45) is 5.92 Å². The van der Waals surface area contributed by atoms with E-state index in [0.29, 0.717) is 0 Å². The largest absolute Gasteiger partial charge is 0.316 e. The summed E-state index contributed by atoms with van der Waals surface area (Å²) in [6.07, 6.45) is 6.63. The van der Waals surface area contributed by atoms with Crippen LogP contribution in [0.2, 0.25) is 0 Å². The van der Waals surface area contributed by atoms with Crippen LogP contribution in [-0.4, -0.2) is 18.1 Å². The van der Waals surface area contributed by atoms with Crippen molar-refractivity contribution in [1.29, 1.82) is 0 Å². The van der Waals surface area contributed by atoms with Crippen molar-refractivity contribution in [3.05, 3.63) is 28.8 Å². The van der Waals surface area contributed by atoms with Gasteiger partial charge in [0.25, 0.3) is 0 Å². The van der Waals surface area contributed by atoms with Crippen molar-refractivity contribution in [3.8, 4) is 0 Å². The van der Waals surface area contributed by atoms with Gasteiger partial charge < -0.3 is 5.32 Å². The lowest BCUT2D eigenvalue weighted by atomic mass is 9.92. The Kier molecular flexibility index (Phi) is 3.04. The molecular formula is C16H20N2S. The fourth-order valence-electron chi connectivity index (χ4n) is 3.05. The zero-order chi connectivity index (χ0) is 12.7. The fourth-order valence-corrected chi connectivity index (χ4v) is 4.25. The van der Waals surface area contributed by atoms with Crippen molar-refractivity contribution in [3.63, 3.8) is 0 Å². The molecule has 1 atom stereocenters. The Morgan fingerprint density at radius 1 is 1.26 bits per heavy atom. The Morgan fingerprint density at radius 3 is 3.00 bits per heavy atom. The summed E-state index contributed by atoms with van der Waals surface area (Å²) in [5.41, 5.74) is 2.70. The van der Waals surface area contributed by atoms with E-state index in [2.05, 4.69) is 23.5 Å². The SMILES string of the molecule is c1cc2nc(C3CC3)sc2cc1CC1CCCNC1. The van der Waals surface area contributed by atoms with E-state index >= 15 is 0 Å². The van der Waals surface area contributed by atoms with Gasteiger partial charge >= 0.3 is 0 Å². The van der Waals surface area contributed by atoms with Gasteiger partial charge in [0, 0.05) is 5.92 Å². The van der Waals surface area contributed by atoms with Gasteiger partial charge in [-0.25, -0.2) is 4.98 Å². The molecule has 2 aromatic rings. The van der Waals surface area contributed by atoms with Crippen molar-refractivity contribution >= 4 is 21.6 Å². The molecule has 0 amide bonds. The predicted octanol–water partition coefficient (Wildman–Crippen LogP) is 3.72. The Balaban J connectivity index is 1.56. The number of benzene rings is 1. The number of thiazole rings is 1. The maximum atomic E-state index is 4.77. The van der Waals surface area contributed by atoms with Gasteiger partial charge in [0.05, 0.1) is 15.2 Å². The number of nitrogens with one attached hydrogen (secondary N) is 1. The number of aromatic nitrogens is 1. The lowest BCUT2D eigenvalue weighted by Gasteiger charge is -2.22. The van der Waals surface area contributed by atoms with E-state index in [1.165, 1.54) is 66.0 Å². The van der Waals surface area contributed by atoms with E-state index in [4.69, 9.17) is 4.98 Å². The quantitative estimate of drug-likeness (QED) is 0.921. The fraction of sp³-hybridized carbons (Fsp3) is 0.562. The second-order valence-electron chi connectivity index (χ2n) is 6.04. The van der Waals surface area contributed by atoms with Crippen molar-refractivity contribution < 1.29 is 0 Å². The van der Waals surface area contributed by atoms with E-state index in [9.17, 15) is 0 Å². The van der Waals surface area contributed by atoms with Crippen molar-refractivity contribution in [2.45, 2.75) is 38.0 Å². The van der Waals surface area contributed by atoms with Crippen LogP contribution < -0.4 is 5.32 Å². The maximum Gasteiger partial charge on any atom is 0.0969 e. The highest BCUT2D eigenvalue weighted by Crippen LogP contribution is 2.43. The van der Waals surface area contributed by atoms with E-state index in [1.54, 1.807) is 0 Å². The number of hydrogen-bond acceptors (Lipinski definition) is 3. The molecule has 1 aromatic heterocycles. The lowest BCUT2D eigenvalue weighted by molar-refractivity contribution is 0.376. The van der Waals surface area contributed by atoms with Crippen LogP contribution in [0.25, 0.3) is 10.2 Å². The van der Waals surface area contributed by atoms with Crippen LogP contribution in [0.5, 0.6) is 0 Å². The number of piperidine rings is 1. The zero-order valence-electron chi connectivity index (χ0n) is 11.2. The first-order valence-corrected chi connectivity index (χ1v) is 8.30. The molecule has 2 aliphatic rings. The summed E-state index contributed by atoms with van der Waals surface area (Å²) >= 11 is 1.92. The third kappa shape index (κ3) is 2.54. The summed E-state index contributed by atoms with van der Waals surface area (Å²) in [5.74, 6) is 1.60. The minimum Gasteiger partial charge on any atom is -0.316 e. The molecule has 100 valence electrons. The molecule has 3 heteroatoms. The Hall–Kier alpha value is -0.930. The Labute approximate surface area is 118 Å². The maximum absolute atomic E-state index is 4.77. The highest BCUT2D eigenvalue weighted by Gasteiger charge is 2.27.